The van der Waals surface area contributed by atoms with Crippen LogP contribution in [0, 0.1) is 0 Å². The molecule has 0 saturated heterocycles. The molecule has 3 heterocycles. The quantitative estimate of drug-likeness (QED) is 0.704. The number of hydrogen-bond acceptors (Lipinski definition) is 4. The minimum absolute atomic E-state index is 0.209. The number of anilines is 1. The van der Waals surface area contributed by atoms with E-state index in [2.05, 4.69) is 32.4 Å². The van der Waals surface area contributed by atoms with Gasteiger partial charge in [0.05, 0.1) is 17.5 Å². The first kappa shape index (κ1) is 11.2. The molecule has 2 N–H and O–H groups in total. The lowest BCUT2D eigenvalue weighted by atomic mass is 10.1. The Labute approximate surface area is 114 Å². The Morgan fingerprint density at radius 1 is 1.15 bits per heavy atom. The molecule has 4 rings (SSSR count). The fourth-order valence-corrected chi connectivity index (χ4v) is 2.58. The Kier molecular flexibility index (Phi) is 2.32. The van der Waals surface area contributed by atoms with Crippen LogP contribution in [0.3, 0.4) is 0 Å². The van der Waals surface area contributed by atoms with Gasteiger partial charge in [-0.3, -0.25) is 4.79 Å². The number of H-pyrrole nitrogens is 1. The summed E-state index contributed by atoms with van der Waals surface area (Å²) in [6.07, 6.45) is 2.42. The summed E-state index contributed by atoms with van der Waals surface area (Å²) < 4.78 is 0. The van der Waals surface area contributed by atoms with Crippen molar-refractivity contribution in [3.05, 3.63) is 52.6 Å². The van der Waals surface area contributed by atoms with Crippen LogP contribution >= 0.6 is 0 Å². The summed E-state index contributed by atoms with van der Waals surface area (Å²) >= 11 is 0. The van der Waals surface area contributed by atoms with Gasteiger partial charge in [-0.1, -0.05) is 6.07 Å². The number of nitrogens with one attached hydrogen (secondary N) is 2. The first-order valence-electron chi connectivity index (χ1n) is 6.53. The van der Waals surface area contributed by atoms with E-state index in [0.29, 0.717) is 11.0 Å². The molecule has 1 aliphatic heterocycles. The average molecular weight is 264 g/mol. The number of nitrogens with zero attached hydrogens (tertiary/aromatic N) is 2. The molecule has 3 aromatic rings. The molecule has 0 aliphatic carbocycles. The molecule has 0 spiro atoms. The normalized spacial score (nSPS) is 13.2. The van der Waals surface area contributed by atoms with E-state index < -0.39 is 0 Å². The molecule has 2 aromatic heterocycles. The van der Waals surface area contributed by atoms with Gasteiger partial charge in [0.25, 0.3) is 5.56 Å². The Hall–Kier alpha value is -2.69. The van der Waals surface area contributed by atoms with Crippen LogP contribution in [0.15, 0.2) is 41.5 Å². The van der Waals surface area contributed by atoms with Crippen molar-refractivity contribution in [2.45, 2.75) is 6.42 Å². The smallest absolute Gasteiger partial charge is 0.277 e. The third-order valence-corrected chi connectivity index (χ3v) is 3.60. The molecule has 0 bridgehead atoms. The number of rotatable bonds is 1. The van der Waals surface area contributed by atoms with Gasteiger partial charge in [0.2, 0.25) is 0 Å². The first-order valence-corrected chi connectivity index (χ1v) is 6.53. The van der Waals surface area contributed by atoms with Crippen molar-refractivity contribution in [1.82, 2.24) is 15.0 Å². The third-order valence-electron chi connectivity index (χ3n) is 3.60. The van der Waals surface area contributed by atoms with Crippen molar-refractivity contribution >= 4 is 16.7 Å². The molecule has 1 aliphatic rings. The van der Waals surface area contributed by atoms with E-state index in [-0.39, 0.29) is 5.56 Å². The van der Waals surface area contributed by atoms with E-state index >= 15 is 0 Å². The van der Waals surface area contributed by atoms with Gasteiger partial charge in [0.1, 0.15) is 0 Å². The highest BCUT2D eigenvalue weighted by Crippen LogP contribution is 2.28. The van der Waals surface area contributed by atoms with Gasteiger partial charge in [-0.2, -0.15) is 0 Å². The molecule has 20 heavy (non-hydrogen) atoms. The van der Waals surface area contributed by atoms with Crippen LogP contribution in [0.2, 0.25) is 0 Å². The Bertz CT molecular complexity index is 869. The standard InChI is InChI=1S/C15H12N4O/c20-15-14-13(17-8-18-15)4-3-12(19-14)9-1-2-11-10(7-9)5-6-16-11/h1-4,7-8,16H,5-6H2,(H,17,18,20). The van der Waals surface area contributed by atoms with E-state index in [1.54, 1.807) is 0 Å². The average Bonchev–Trinajstić information content (AvgIpc) is 2.95. The molecule has 98 valence electrons. The number of aromatic nitrogens is 3. The second-order valence-corrected chi connectivity index (χ2v) is 4.84. The molecular weight excluding hydrogens is 252 g/mol. The lowest BCUT2D eigenvalue weighted by molar-refractivity contribution is 1.11. The van der Waals surface area contributed by atoms with Gasteiger partial charge in [-0.25, -0.2) is 9.97 Å². The Morgan fingerprint density at radius 3 is 3.05 bits per heavy atom. The molecule has 5 heteroatoms. The molecule has 0 fully saturated rings. The number of fused-ring (bicyclic) bond motifs is 2. The van der Waals surface area contributed by atoms with Crippen molar-refractivity contribution in [3.8, 4) is 11.3 Å². The summed E-state index contributed by atoms with van der Waals surface area (Å²) in [6, 6.07) is 9.96. The van der Waals surface area contributed by atoms with Gasteiger partial charge in [0.15, 0.2) is 5.52 Å². The lowest BCUT2D eigenvalue weighted by Crippen LogP contribution is -2.08. The predicted octanol–water partition coefficient (Wildman–Crippen LogP) is 1.95. The number of hydrogen-bond donors (Lipinski definition) is 2. The maximum atomic E-state index is 11.8. The fraction of sp³-hybridized carbons (Fsp3) is 0.133. The van der Waals surface area contributed by atoms with Crippen molar-refractivity contribution in [3.63, 3.8) is 0 Å². The SMILES string of the molecule is O=c1[nH]cnc2ccc(-c3ccc4c(c3)CCN4)nc12. The first-order chi connectivity index (χ1) is 9.81. The maximum Gasteiger partial charge on any atom is 0.277 e. The second kappa shape index (κ2) is 4.16. The summed E-state index contributed by atoms with van der Waals surface area (Å²) in [6.45, 7) is 0.980. The zero-order valence-electron chi connectivity index (χ0n) is 10.7. The summed E-state index contributed by atoms with van der Waals surface area (Å²) in [5.74, 6) is 0. The minimum atomic E-state index is -0.209. The van der Waals surface area contributed by atoms with E-state index in [9.17, 15) is 4.79 Å². The van der Waals surface area contributed by atoms with Crippen molar-refractivity contribution in [2.24, 2.45) is 0 Å². The van der Waals surface area contributed by atoms with Crippen LogP contribution in [-0.4, -0.2) is 21.5 Å². The van der Waals surface area contributed by atoms with E-state index in [4.69, 9.17) is 0 Å². The van der Waals surface area contributed by atoms with Crippen molar-refractivity contribution < 1.29 is 0 Å². The van der Waals surface area contributed by atoms with Gasteiger partial charge in [-0.05, 0) is 36.2 Å². The number of aromatic amines is 1. The highest BCUT2D eigenvalue weighted by atomic mass is 16.1. The zero-order valence-corrected chi connectivity index (χ0v) is 10.7. The molecule has 1 aromatic carbocycles. The lowest BCUT2D eigenvalue weighted by Gasteiger charge is -2.05. The molecule has 0 unspecified atom stereocenters. The molecule has 0 atom stereocenters. The van der Waals surface area contributed by atoms with Crippen LogP contribution in [0.25, 0.3) is 22.3 Å². The van der Waals surface area contributed by atoms with E-state index in [0.717, 1.165) is 24.2 Å². The van der Waals surface area contributed by atoms with Gasteiger partial charge in [0, 0.05) is 17.8 Å². The van der Waals surface area contributed by atoms with Crippen molar-refractivity contribution in [1.29, 1.82) is 0 Å². The summed E-state index contributed by atoms with van der Waals surface area (Å²) in [5.41, 5.74) is 5.09. The summed E-state index contributed by atoms with van der Waals surface area (Å²) in [7, 11) is 0. The van der Waals surface area contributed by atoms with Gasteiger partial charge in [-0.15, -0.1) is 0 Å². The monoisotopic (exact) mass is 264 g/mol. The summed E-state index contributed by atoms with van der Waals surface area (Å²) in [4.78, 5) is 22.9. The molecule has 0 saturated carbocycles. The fourth-order valence-electron chi connectivity index (χ4n) is 2.58. The predicted molar refractivity (Wildman–Crippen MR) is 77.8 cm³/mol. The number of pyridine rings is 1. The Balaban J connectivity index is 1.90. The van der Waals surface area contributed by atoms with Crippen LogP contribution in [0.1, 0.15) is 5.56 Å². The maximum absolute atomic E-state index is 11.8. The molecule has 0 radical (unpaired) electrons. The summed E-state index contributed by atoms with van der Waals surface area (Å²) in [5, 5.41) is 3.33. The molecule has 5 nitrogen and oxygen atoms in total. The van der Waals surface area contributed by atoms with E-state index in [1.165, 1.54) is 17.6 Å². The highest BCUT2D eigenvalue weighted by Gasteiger charge is 2.12. The largest absolute Gasteiger partial charge is 0.384 e. The van der Waals surface area contributed by atoms with Crippen LogP contribution in [0.5, 0.6) is 0 Å². The van der Waals surface area contributed by atoms with Crippen LogP contribution < -0.4 is 10.9 Å². The minimum Gasteiger partial charge on any atom is -0.384 e. The topological polar surface area (TPSA) is 70.7 Å². The highest BCUT2D eigenvalue weighted by molar-refractivity contribution is 5.77. The zero-order chi connectivity index (χ0) is 13.5. The second-order valence-electron chi connectivity index (χ2n) is 4.84. The molecule has 0 amide bonds. The van der Waals surface area contributed by atoms with Crippen molar-refractivity contribution in [2.75, 3.05) is 11.9 Å². The van der Waals surface area contributed by atoms with Gasteiger partial charge >= 0.3 is 0 Å². The Morgan fingerprint density at radius 2 is 2.10 bits per heavy atom. The van der Waals surface area contributed by atoms with E-state index in [1.807, 2.05) is 18.2 Å². The van der Waals surface area contributed by atoms with Crippen LogP contribution in [-0.2, 0) is 6.42 Å². The third kappa shape index (κ3) is 1.67. The van der Waals surface area contributed by atoms with Crippen LogP contribution in [0.4, 0.5) is 5.69 Å². The molecular formula is C15H12N4O. The number of benzene rings is 1. The van der Waals surface area contributed by atoms with Gasteiger partial charge < -0.3 is 10.3 Å².